The maximum Gasteiger partial charge on any atom is -0.0169 e. The van der Waals surface area contributed by atoms with Gasteiger partial charge in [0.15, 0.2) is 0 Å². The predicted octanol–water partition coefficient (Wildman–Crippen LogP) is 42.8. The van der Waals surface area contributed by atoms with E-state index in [0.29, 0.717) is 11.8 Å². The first-order chi connectivity index (χ1) is 55.9. The fourth-order valence-corrected chi connectivity index (χ4v) is 26.3. The molecule has 692 valence electrons. The van der Waals surface area contributed by atoms with Gasteiger partial charge in [-0.05, 0) is 150 Å². The molecule has 0 rings (SSSR count). The van der Waals surface area contributed by atoms with Crippen molar-refractivity contribution in [3.05, 3.63) is 0 Å². The van der Waals surface area contributed by atoms with Gasteiger partial charge in [0.25, 0.3) is 0 Å². The molecule has 0 aromatic carbocycles. The Morgan fingerprint density at radius 2 is 0.478 bits per heavy atom. The Morgan fingerprint density at radius 3 is 0.870 bits per heavy atom. The molecule has 0 nitrogen and oxygen atoms in total. The molecule has 0 saturated heterocycles. The van der Waals surface area contributed by atoms with E-state index in [4.69, 9.17) is 0 Å². The number of hydrogen-bond acceptors (Lipinski definition) is 0. The molecular weight excluding hydrogens is 1380 g/mol. The van der Waals surface area contributed by atoms with Crippen molar-refractivity contribution in [2.45, 2.75) is 647 Å². The molecular formula is C115H232. The Kier molecular flexibility index (Phi) is 77.6. The molecule has 0 aromatic rings. The third-order valence-corrected chi connectivity index (χ3v) is 32.4. The van der Waals surface area contributed by atoms with Gasteiger partial charge in [-0.1, -0.05) is 589 Å². The molecule has 0 aliphatic heterocycles. The van der Waals surface area contributed by atoms with E-state index >= 15 is 0 Å². The fourth-order valence-electron chi connectivity index (χ4n) is 26.3. The van der Waals surface area contributed by atoms with E-state index in [1.165, 1.54) is 462 Å². The largest absolute Gasteiger partial charge is 0.0654 e. The first-order valence-corrected chi connectivity index (χ1v) is 55.9. The van der Waals surface area contributed by atoms with Crippen LogP contribution < -0.4 is 0 Å². The second-order valence-electron chi connectivity index (χ2n) is 42.5. The second-order valence-corrected chi connectivity index (χ2v) is 42.5. The van der Waals surface area contributed by atoms with E-state index in [9.17, 15) is 0 Å². The third-order valence-electron chi connectivity index (χ3n) is 32.4. The maximum atomic E-state index is 3.21. The zero-order chi connectivity index (χ0) is 85.4. The normalized spacial score (nSPS) is 17.6. The van der Waals surface area contributed by atoms with Gasteiger partial charge in [0, 0.05) is 0 Å². The van der Waals surface area contributed by atoms with Crippen LogP contribution in [0.5, 0.6) is 0 Å². The van der Waals surface area contributed by atoms with Crippen LogP contribution in [-0.4, -0.2) is 0 Å². The lowest BCUT2D eigenvalue weighted by molar-refractivity contribution is -0.265. The molecule has 0 heterocycles. The van der Waals surface area contributed by atoms with Crippen LogP contribution >= 0.6 is 0 Å². The summed E-state index contributed by atoms with van der Waals surface area (Å²) in [5, 5.41) is 0. The molecule has 0 fully saturated rings. The predicted molar refractivity (Wildman–Crippen MR) is 532 cm³/mol. The van der Waals surface area contributed by atoms with Crippen LogP contribution in [0.3, 0.4) is 0 Å². The van der Waals surface area contributed by atoms with Crippen molar-refractivity contribution in [3.63, 3.8) is 0 Å². The van der Waals surface area contributed by atoms with Crippen molar-refractivity contribution >= 4 is 0 Å². The van der Waals surface area contributed by atoms with Crippen LogP contribution in [0.15, 0.2) is 0 Å². The maximum absolute atomic E-state index is 3.21. The number of hydrogen-bond donors (Lipinski definition) is 0. The molecule has 115 heavy (non-hydrogen) atoms. The van der Waals surface area contributed by atoms with E-state index in [1.54, 1.807) is 32.1 Å². The van der Waals surface area contributed by atoms with Crippen LogP contribution in [0.25, 0.3) is 0 Å². The van der Waals surface area contributed by atoms with E-state index in [2.05, 4.69) is 152 Å². The van der Waals surface area contributed by atoms with Crippen LogP contribution in [-0.2, 0) is 0 Å². The smallest absolute Gasteiger partial charge is 0.0169 e. The molecule has 16 atom stereocenters. The Labute approximate surface area is 734 Å². The lowest BCUT2D eigenvalue weighted by Crippen LogP contribution is -2.68. The molecule has 0 N–H and O–H groups in total. The molecule has 0 radical (unpaired) electrons. The lowest BCUT2D eigenvalue weighted by atomic mass is 9.29. The van der Waals surface area contributed by atoms with Gasteiger partial charge in [-0.2, -0.15) is 0 Å². The molecule has 0 spiro atoms. The number of unbranched alkanes of at least 4 members (excludes halogenated alkanes) is 33. The van der Waals surface area contributed by atoms with E-state index < -0.39 is 0 Å². The Balaban J connectivity index is 12.6. The molecule has 0 aliphatic carbocycles. The summed E-state index contributed by atoms with van der Waals surface area (Å²) >= 11 is 0. The van der Waals surface area contributed by atoms with Crippen molar-refractivity contribution in [2.75, 3.05) is 0 Å². The SMILES string of the molecule is CCCCCCCCCC(C)C(CC(CCC)CCCCC)(C(C)CC(CCC)CCCCC)C(CC(C)CCCCCCCC)(CC(CCC)CCCCC)C(CCC(C)CCCCCCC)(CC(CCC)CCCCC)C(CCC)(CCCC(C)CCCCCC)C(CC(CCC)CCCCC)C(CC)CCCCCCCC. The lowest BCUT2D eigenvalue weighted by Gasteiger charge is -2.75. The zero-order valence-electron chi connectivity index (χ0n) is 85.4. The van der Waals surface area contributed by atoms with Gasteiger partial charge >= 0.3 is 0 Å². The van der Waals surface area contributed by atoms with Crippen LogP contribution in [0.1, 0.15) is 647 Å². The van der Waals surface area contributed by atoms with Gasteiger partial charge in [-0.3, -0.25) is 0 Å². The van der Waals surface area contributed by atoms with Crippen molar-refractivity contribution < 1.29 is 0 Å². The molecule has 0 amide bonds. The van der Waals surface area contributed by atoms with Crippen molar-refractivity contribution in [2.24, 2.45) is 92.7 Å². The summed E-state index contributed by atoms with van der Waals surface area (Å²) < 4.78 is 0. The minimum atomic E-state index is 0.155. The minimum absolute atomic E-state index is 0.155. The summed E-state index contributed by atoms with van der Waals surface area (Å²) in [5.41, 5.74) is 0.730. The highest BCUT2D eigenvalue weighted by Crippen LogP contribution is 2.79. The average molecular weight is 1620 g/mol. The van der Waals surface area contributed by atoms with Crippen LogP contribution in [0, 0.1) is 92.7 Å². The quantitative estimate of drug-likeness (QED) is 0.0533. The molecule has 0 saturated carbocycles. The molecule has 0 aliphatic rings. The topological polar surface area (TPSA) is 0 Å². The highest BCUT2D eigenvalue weighted by molar-refractivity contribution is 5.20. The van der Waals surface area contributed by atoms with Crippen molar-refractivity contribution in [1.29, 1.82) is 0 Å². The summed E-state index contributed by atoms with van der Waals surface area (Å²) in [6.07, 6.45) is 111. The first kappa shape index (κ1) is 115. The minimum Gasteiger partial charge on any atom is -0.0654 e. The monoisotopic (exact) mass is 1610 g/mol. The average Bonchev–Trinajstić information content (AvgIpc) is 0.673. The van der Waals surface area contributed by atoms with Gasteiger partial charge < -0.3 is 0 Å². The van der Waals surface area contributed by atoms with E-state index in [-0.39, 0.29) is 21.7 Å². The summed E-state index contributed by atoms with van der Waals surface area (Å²) in [6, 6.07) is 0. The highest BCUT2D eigenvalue weighted by Gasteiger charge is 2.72. The molecule has 0 aromatic heterocycles. The highest BCUT2D eigenvalue weighted by atomic mass is 14.8. The van der Waals surface area contributed by atoms with Crippen LogP contribution in [0.2, 0.25) is 0 Å². The Morgan fingerprint density at radius 1 is 0.183 bits per heavy atom. The van der Waals surface area contributed by atoms with Crippen molar-refractivity contribution in [1.82, 2.24) is 0 Å². The van der Waals surface area contributed by atoms with E-state index in [0.717, 1.165) is 59.2 Å². The Bertz CT molecular complexity index is 1940. The van der Waals surface area contributed by atoms with Crippen LogP contribution in [0.4, 0.5) is 0 Å². The van der Waals surface area contributed by atoms with Gasteiger partial charge in [-0.25, -0.2) is 0 Å². The Hall–Kier alpha value is 0. The number of rotatable bonds is 92. The van der Waals surface area contributed by atoms with Gasteiger partial charge in [-0.15, -0.1) is 0 Å². The zero-order valence-corrected chi connectivity index (χ0v) is 85.4. The fraction of sp³-hybridized carbons (Fsp3) is 1.00. The summed E-state index contributed by atoms with van der Waals surface area (Å²) in [6.45, 7) is 59.4. The second kappa shape index (κ2) is 77.6. The van der Waals surface area contributed by atoms with Crippen molar-refractivity contribution in [3.8, 4) is 0 Å². The van der Waals surface area contributed by atoms with Gasteiger partial charge in [0.1, 0.15) is 0 Å². The standard InChI is InChI=1S/C115H232/c1-23-40-50-55-58-61-71-83-103(21)115(99-109(78-37-15)88-67-49-32-10,104(22)94-105(74-33-11)84-63-45-28-6)114(98-108(77-36-14)87-66-48-31-9,96-102(20)81-70-60-56-51-41-24-2)113(97-107(76-35-13)86-65-47-30-8,93-90-101(19)80-69-59-53-43-26-4)112(91-38-16,92-73-82-100(18)79-68-54-44-27-5)111(95-106(75-34-12)85-64-46-29-7)110(39-17)89-72-62-57-52-42-25-3/h100-111H,23-99H2,1-22H3. The van der Waals surface area contributed by atoms with Gasteiger partial charge in [0.2, 0.25) is 0 Å². The summed E-state index contributed by atoms with van der Waals surface area (Å²) in [4.78, 5) is 0. The first-order valence-electron chi connectivity index (χ1n) is 55.9. The molecule has 16 unspecified atom stereocenters. The summed E-state index contributed by atoms with van der Waals surface area (Å²) in [7, 11) is 0. The van der Waals surface area contributed by atoms with Gasteiger partial charge in [0.05, 0.1) is 0 Å². The molecule has 0 bridgehead atoms. The third kappa shape index (κ3) is 47.2. The van der Waals surface area contributed by atoms with E-state index in [1.807, 2.05) is 0 Å². The molecule has 0 heteroatoms. The summed E-state index contributed by atoms with van der Waals surface area (Å²) in [5.74, 6) is 9.22.